The Labute approximate surface area is 131 Å². The van der Waals surface area contributed by atoms with E-state index >= 15 is 0 Å². The molecule has 0 saturated carbocycles. The summed E-state index contributed by atoms with van der Waals surface area (Å²) in [4.78, 5) is 4.60. The number of aromatic nitrogens is 4. The molecule has 2 heterocycles. The highest BCUT2D eigenvalue weighted by molar-refractivity contribution is 9.10. The van der Waals surface area contributed by atoms with Gasteiger partial charge in [-0.2, -0.15) is 0 Å². The first-order chi connectivity index (χ1) is 10.1. The Kier molecular flexibility index (Phi) is 3.73. The summed E-state index contributed by atoms with van der Waals surface area (Å²) in [6, 6.07) is 10.3. The van der Waals surface area contributed by atoms with Crippen molar-refractivity contribution in [2.75, 3.05) is 7.05 Å². The molecule has 5 nitrogen and oxygen atoms in total. The van der Waals surface area contributed by atoms with Crippen molar-refractivity contribution in [1.29, 1.82) is 0 Å². The molecule has 0 spiro atoms. The lowest BCUT2D eigenvalue weighted by Gasteiger charge is -2.19. The molecule has 0 saturated heterocycles. The minimum absolute atomic E-state index is 0.00836. The zero-order chi connectivity index (χ0) is 15.0. The van der Waals surface area contributed by atoms with Gasteiger partial charge in [-0.25, -0.2) is 4.68 Å². The van der Waals surface area contributed by atoms with Crippen LogP contribution < -0.4 is 5.32 Å². The van der Waals surface area contributed by atoms with Gasteiger partial charge in [-0.05, 0) is 47.6 Å². The van der Waals surface area contributed by atoms with Crippen molar-refractivity contribution in [1.82, 2.24) is 25.3 Å². The SMILES string of the molecule is CNC(c1cc(C)nc2ccccc12)c1c(Br)nnn1C. The summed E-state index contributed by atoms with van der Waals surface area (Å²) in [5, 5.41) is 12.7. The molecule has 0 radical (unpaired) electrons. The summed E-state index contributed by atoms with van der Waals surface area (Å²) in [6.45, 7) is 2.01. The molecule has 0 bridgehead atoms. The zero-order valence-corrected chi connectivity index (χ0v) is 13.7. The fourth-order valence-corrected chi connectivity index (χ4v) is 3.22. The second-order valence-electron chi connectivity index (χ2n) is 4.98. The van der Waals surface area contributed by atoms with Crippen molar-refractivity contribution in [2.45, 2.75) is 13.0 Å². The molecule has 21 heavy (non-hydrogen) atoms. The van der Waals surface area contributed by atoms with E-state index in [0.717, 1.165) is 26.9 Å². The van der Waals surface area contributed by atoms with E-state index < -0.39 is 0 Å². The van der Waals surface area contributed by atoms with Gasteiger partial charge >= 0.3 is 0 Å². The van der Waals surface area contributed by atoms with E-state index in [0.29, 0.717) is 0 Å². The monoisotopic (exact) mass is 345 g/mol. The predicted molar refractivity (Wildman–Crippen MR) is 86.1 cm³/mol. The Morgan fingerprint density at radius 2 is 2.05 bits per heavy atom. The van der Waals surface area contributed by atoms with Crippen LogP contribution in [0.4, 0.5) is 0 Å². The Balaban J connectivity index is 2.27. The molecule has 1 unspecified atom stereocenters. The molecule has 2 aromatic heterocycles. The fraction of sp³-hybridized carbons (Fsp3) is 0.267. The van der Waals surface area contributed by atoms with Crippen molar-refractivity contribution in [3.05, 3.63) is 51.9 Å². The number of rotatable bonds is 3. The minimum Gasteiger partial charge on any atom is -0.308 e. The van der Waals surface area contributed by atoms with Crippen molar-refractivity contribution < 1.29 is 0 Å². The van der Waals surface area contributed by atoms with Gasteiger partial charge in [-0.15, -0.1) is 5.10 Å². The highest BCUT2D eigenvalue weighted by atomic mass is 79.9. The molecule has 108 valence electrons. The topological polar surface area (TPSA) is 55.6 Å². The van der Waals surface area contributed by atoms with E-state index in [9.17, 15) is 0 Å². The Hall–Kier alpha value is -1.79. The van der Waals surface area contributed by atoms with Gasteiger partial charge in [0.2, 0.25) is 0 Å². The third kappa shape index (κ3) is 2.45. The van der Waals surface area contributed by atoms with Crippen LogP contribution in [0.3, 0.4) is 0 Å². The largest absolute Gasteiger partial charge is 0.308 e. The number of nitrogens with one attached hydrogen (secondary N) is 1. The summed E-state index contributed by atoms with van der Waals surface area (Å²) in [5.41, 5.74) is 4.16. The molecule has 0 aliphatic heterocycles. The molecule has 3 aromatic rings. The van der Waals surface area contributed by atoms with Crippen LogP contribution in [0, 0.1) is 6.92 Å². The third-order valence-electron chi connectivity index (χ3n) is 3.58. The van der Waals surface area contributed by atoms with Gasteiger partial charge in [0, 0.05) is 18.1 Å². The van der Waals surface area contributed by atoms with Crippen molar-refractivity contribution in [3.8, 4) is 0 Å². The first-order valence-electron chi connectivity index (χ1n) is 6.70. The molecule has 3 rings (SSSR count). The molecule has 1 atom stereocenters. The van der Waals surface area contributed by atoms with Crippen LogP contribution in [-0.2, 0) is 7.05 Å². The summed E-state index contributed by atoms with van der Waals surface area (Å²) in [5.74, 6) is 0. The van der Waals surface area contributed by atoms with Gasteiger partial charge in [0.05, 0.1) is 17.3 Å². The van der Waals surface area contributed by atoms with Gasteiger partial charge in [0.1, 0.15) is 0 Å². The van der Waals surface area contributed by atoms with E-state index in [1.807, 2.05) is 39.2 Å². The smallest absolute Gasteiger partial charge is 0.153 e. The highest BCUT2D eigenvalue weighted by Crippen LogP contribution is 2.31. The van der Waals surface area contributed by atoms with E-state index in [1.165, 1.54) is 5.56 Å². The molecule has 1 aromatic carbocycles. The van der Waals surface area contributed by atoms with E-state index in [2.05, 4.69) is 48.7 Å². The van der Waals surface area contributed by atoms with Gasteiger partial charge in [0.15, 0.2) is 4.60 Å². The van der Waals surface area contributed by atoms with Gasteiger partial charge < -0.3 is 5.32 Å². The number of benzene rings is 1. The van der Waals surface area contributed by atoms with E-state index in [4.69, 9.17) is 0 Å². The normalized spacial score (nSPS) is 12.8. The second-order valence-corrected chi connectivity index (χ2v) is 5.73. The summed E-state index contributed by atoms with van der Waals surface area (Å²) >= 11 is 3.49. The Morgan fingerprint density at radius 1 is 1.29 bits per heavy atom. The lowest BCUT2D eigenvalue weighted by Crippen LogP contribution is -2.21. The van der Waals surface area contributed by atoms with Crippen LogP contribution >= 0.6 is 15.9 Å². The molecule has 6 heteroatoms. The number of fused-ring (bicyclic) bond motifs is 1. The number of pyridine rings is 1. The lowest BCUT2D eigenvalue weighted by molar-refractivity contribution is 0.599. The summed E-state index contributed by atoms with van der Waals surface area (Å²) in [6.07, 6.45) is 0. The van der Waals surface area contributed by atoms with Crippen LogP contribution in [0.5, 0.6) is 0 Å². The standard InChI is InChI=1S/C15H16BrN5/c1-9-8-11(10-6-4-5-7-12(10)18-9)13(17-2)14-15(16)19-20-21(14)3/h4-8,13,17H,1-3H3. The molecule has 0 fully saturated rings. The highest BCUT2D eigenvalue weighted by Gasteiger charge is 2.22. The van der Waals surface area contributed by atoms with E-state index in [1.54, 1.807) is 4.68 Å². The van der Waals surface area contributed by atoms with Crippen LogP contribution in [0.1, 0.15) is 23.0 Å². The number of hydrogen-bond donors (Lipinski definition) is 1. The van der Waals surface area contributed by atoms with Gasteiger partial charge in [0.25, 0.3) is 0 Å². The van der Waals surface area contributed by atoms with Crippen LogP contribution in [0.15, 0.2) is 34.9 Å². The van der Waals surface area contributed by atoms with E-state index in [-0.39, 0.29) is 6.04 Å². The zero-order valence-electron chi connectivity index (χ0n) is 12.1. The molecule has 0 aliphatic rings. The maximum Gasteiger partial charge on any atom is 0.153 e. The van der Waals surface area contributed by atoms with Crippen molar-refractivity contribution in [3.63, 3.8) is 0 Å². The number of hydrogen-bond acceptors (Lipinski definition) is 4. The minimum atomic E-state index is -0.00836. The molecular weight excluding hydrogens is 330 g/mol. The fourth-order valence-electron chi connectivity index (χ4n) is 2.66. The van der Waals surface area contributed by atoms with Crippen LogP contribution in [0.2, 0.25) is 0 Å². The second kappa shape index (κ2) is 5.54. The Bertz CT molecular complexity index is 776. The number of nitrogens with zero attached hydrogens (tertiary/aromatic N) is 4. The van der Waals surface area contributed by atoms with Gasteiger partial charge in [-0.1, -0.05) is 23.4 Å². The van der Waals surface area contributed by atoms with Crippen molar-refractivity contribution >= 4 is 26.8 Å². The average molecular weight is 346 g/mol. The maximum absolute atomic E-state index is 4.60. The lowest BCUT2D eigenvalue weighted by atomic mass is 9.99. The van der Waals surface area contributed by atoms with Crippen LogP contribution in [0.25, 0.3) is 10.9 Å². The van der Waals surface area contributed by atoms with Crippen molar-refractivity contribution in [2.24, 2.45) is 7.05 Å². The molecule has 0 amide bonds. The predicted octanol–water partition coefficient (Wildman–Crippen LogP) is 2.74. The molecule has 0 aliphatic carbocycles. The third-order valence-corrected chi connectivity index (χ3v) is 4.14. The first kappa shape index (κ1) is 14.2. The van der Waals surface area contributed by atoms with Crippen LogP contribution in [-0.4, -0.2) is 27.0 Å². The number of para-hydroxylation sites is 1. The molecular formula is C15H16BrN5. The number of halogens is 1. The quantitative estimate of drug-likeness (QED) is 0.792. The number of aryl methyl sites for hydroxylation is 2. The first-order valence-corrected chi connectivity index (χ1v) is 7.49. The summed E-state index contributed by atoms with van der Waals surface area (Å²) in [7, 11) is 3.84. The summed E-state index contributed by atoms with van der Waals surface area (Å²) < 4.78 is 2.54. The Morgan fingerprint density at radius 3 is 2.71 bits per heavy atom. The maximum atomic E-state index is 4.60. The molecule has 1 N–H and O–H groups in total. The average Bonchev–Trinajstić information content (AvgIpc) is 2.80. The van der Waals surface area contributed by atoms with Gasteiger partial charge in [-0.3, -0.25) is 4.98 Å².